The summed E-state index contributed by atoms with van der Waals surface area (Å²) in [5, 5.41) is 3.06. The Bertz CT molecular complexity index is 694. The highest BCUT2D eigenvalue weighted by atomic mass is 79.9. The van der Waals surface area contributed by atoms with Crippen molar-refractivity contribution in [1.29, 1.82) is 0 Å². The molecule has 1 N–H and O–H groups in total. The molecule has 128 valence electrons. The Kier molecular flexibility index (Phi) is 5.70. The highest BCUT2D eigenvalue weighted by Crippen LogP contribution is 2.27. The van der Waals surface area contributed by atoms with E-state index in [0.717, 1.165) is 15.6 Å². The molecule has 2 rings (SSSR count). The van der Waals surface area contributed by atoms with E-state index >= 15 is 0 Å². The summed E-state index contributed by atoms with van der Waals surface area (Å²) in [7, 11) is 0. The third-order valence-corrected chi connectivity index (χ3v) is 4.13. The van der Waals surface area contributed by atoms with E-state index in [2.05, 4.69) is 33.4 Å². The maximum Gasteiger partial charge on any atom is 0.408 e. The number of benzene rings is 2. The Hall–Kier alpha value is -1.81. The molecule has 1 unspecified atom stereocenters. The van der Waals surface area contributed by atoms with E-state index in [4.69, 9.17) is 4.74 Å². The fraction of sp³-hybridized carbons (Fsp3) is 0.350. The summed E-state index contributed by atoms with van der Waals surface area (Å²) in [5.74, 6) is 0. The standard InChI is InChI=1S/C20H24BrNO2/c1-19(2,3)24-18(23)22-20(4,16-10-6-5-7-11-16)14-15-9-8-12-17(21)13-15/h5-13H,14H2,1-4H3,(H,22,23). The Morgan fingerprint density at radius 2 is 1.71 bits per heavy atom. The lowest BCUT2D eigenvalue weighted by atomic mass is 9.85. The van der Waals surface area contributed by atoms with Crippen molar-refractivity contribution in [2.24, 2.45) is 0 Å². The Balaban J connectivity index is 2.30. The van der Waals surface area contributed by atoms with Gasteiger partial charge in [-0.25, -0.2) is 4.79 Å². The second-order valence-corrected chi connectivity index (χ2v) is 8.05. The van der Waals surface area contributed by atoms with Crippen LogP contribution < -0.4 is 5.32 Å². The molecule has 0 saturated heterocycles. The lowest BCUT2D eigenvalue weighted by molar-refractivity contribution is 0.0461. The lowest BCUT2D eigenvalue weighted by Crippen LogP contribution is -2.47. The predicted octanol–water partition coefficient (Wildman–Crippen LogP) is 5.43. The summed E-state index contributed by atoms with van der Waals surface area (Å²) in [6.45, 7) is 7.61. The van der Waals surface area contributed by atoms with Crippen LogP contribution in [0.4, 0.5) is 4.79 Å². The normalized spacial score (nSPS) is 13.9. The largest absolute Gasteiger partial charge is 0.444 e. The van der Waals surface area contributed by atoms with E-state index < -0.39 is 17.2 Å². The van der Waals surface area contributed by atoms with Crippen molar-refractivity contribution >= 4 is 22.0 Å². The number of carbonyl (C=O) groups is 1. The van der Waals surface area contributed by atoms with Crippen LogP contribution in [0.3, 0.4) is 0 Å². The van der Waals surface area contributed by atoms with Crippen molar-refractivity contribution in [3.63, 3.8) is 0 Å². The second kappa shape index (κ2) is 7.39. The first kappa shape index (κ1) is 18.5. The van der Waals surface area contributed by atoms with Gasteiger partial charge < -0.3 is 10.1 Å². The maximum atomic E-state index is 12.4. The molecule has 0 bridgehead atoms. The van der Waals surface area contributed by atoms with E-state index in [1.165, 1.54) is 0 Å². The van der Waals surface area contributed by atoms with Crippen molar-refractivity contribution in [3.05, 3.63) is 70.2 Å². The van der Waals surface area contributed by atoms with Crippen LogP contribution in [0.5, 0.6) is 0 Å². The Labute approximate surface area is 152 Å². The Morgan fingerprint density at radius 3 is 2.29 bits per heavy atom. The zero-order valence-corrected chi connectivity index (χ0v) is 16.2. The van der Waals surface area contributed by atoms with Gasteiger partial charge in [0.1, 0.15) is 5.60 Å². The Morgan fingerprint density at radius 1 is 1.04 bits per heavy atom. The zero-order chi connectivity index (χ0) is 17.8. The highest BCUT2D eigenvalue weighted by Gasteiger charge is 2.31. The smallest absolute Gasteiger partial charge is 0.408 e. The first-order chi connectivity index (χ1) is 11.2. The van der Waals surface area contributed by atoms with E-state index in [9.17, 15) is 4.79 Å². The molecule has 0 radical (unpaired) electrons. The van der Waals surface area contributed by atoms with Gasteiger partial charge in [0, 0.05) is 4.47 Å². The van der Waals surface area contributed by atoms with Crippen molar-refractivity contribution in [2.45, 2.75) is 45.3 Å². The minimum Gasteiger partial charge on any atom is -0.444 e. The van der Waals surface area contributed by atoms with Gasteiger partial charge in [-0.05, 0) is 57.4 Å². The van der Waals surface area contributed by atoms with Crippen molar-refractivity contribution in [3.8, 4) is 0 Å². The van der Waals surface area contributed by atoms with Crippen LogP contribution in [-0.2, 0) is 16.7 Å². The van der Waals surface area contributed by atoms with Crippen LogP contribution in [0.2, 0.25) is 0 Å². The SMILES string of the molecule is CC(C)(C)OC(=O)NC(C)(Cc1cccc(Br)c1)c1ccccc1. The number of hydrogen-bond acceptors (Lipinski definition) is 2. The molecule has 0 fully saturated rings. The number of hydrogen-bond donors (Lipinski definition) is 1. The molecule has 4 heteroatoms. The molecule has 1 atom stereocenters. The average molecular weight is 390 g/mol. The molecule has 2 aromatic rings. The summed E-state index contributed by atoms with van der Waals surface area (Å²) < 4.78 is 6.48. The number of halogens is 1. The van der Waals surface area contributed by atoms with Gasteiger partial charge in [0.25, 0.3) is 0 Å². The van der Waals surface area contributed by atoms with Gasteiger partial charge >= 0.3 is 6.09 Å². The summed E-state index contributed by atoms with van der Waals surface area (Å²) in [6.07, 6.45) is 0.249. The predicted molar refractivity (Wildman–Crippen MR) is 101 cm³/mol. The van der Waals surface area contributed by atoms with Crippen LogP contribution >= 0.6 is 15.9 Å². The minimum atomic E-state index is -0.565. The van der Waals surface area contributed by atoms with E-state index in [-0.39, 0.29) is 0 Å². The zero-order valence-electron chi connectivity index (χ0n) is 14.6. The first-order valence-electron chi connectivity index (χ1n) is 7.99. The quantitative estimate of drug-likeness (QED) is 0.756. The van der Waals surface area contributed by atoms with Gasteiger partial charge in [-0.2, -0.15) is 0 Å². The number of alkyl carbamates (subject to hydrolysis) is 1. The third-order valence-electron chi connectivity index (χ3n) is 3.63. The van der Waals surface area contributed by atoms with E-state index in [1.807, 2.05) is 70.2 Å². The average Bonchev–Trinajstić information content (AvgIpc) is 2.46. The number of amides is 1. The molecule has 3 nitrogen and oxygen atoms in total. The molecule has 1 amide bonds. The topological polar surface area (TPSA) is 38.3 Å². The van der Waals surface area contributed by atoms with Crippen LogP contribution in [0.15, 0.2) is 59.1 Å². The molecule has 0 aromatic heterocycles. The van der Waals surface area contributed by atoms with Crippen LogP contribution in [0.25, 0.3) is 0 Å². The van der Waals surface area contributed by atoms with Crippen molar-refractivity contribution in [1.82, 2.24) is 5.32 Å². The van der Waals surface area contributed by atoms with E-state index in [1.54, 1.807) is 0 Å². The van der Waals surface area contributed by atoms with Gasteiger partial charge in [-0.15, -0.1) is 0 Å². The van der Waals surface area contributed by atoms with Crippen molar-refractivity contribution < 1.29 is 9.53 Å². The van der Waals surface area contributed by atoms with E-state index in [0.29, 0.717) is 6.42 Å². The number of ether oxygens (including phenoxy) is 1. The number of nitrogens with one attached hydrogen (secondary N) is 1. The molecule has 0 heterocycles. The van der Waals surface area contributed by atoms with Gasteiger partial charge in [0.2, 0.25) is 0 Å². The summed E-state index contributed by atoms with van der Waals surface area (Å²) in [5.41, 5.74) is 1.07. The molecular weight excluding hydrogens is 366 g/mol. The van der Waals surface area contributed by atoms with Crippen LogP contribution in [-0.4, -0.2) is 11.7 Å². The number of carbonyl (C=O) groups excluding carboxylic acids is 1. The molecular formula is C20H24BrNO2. The van der Waals surface area contributed by atoms with Crippen molar-refractivity contribution in [2.75, 3.05) is 0 Å². The van der Waals surface area contributed by atoms with Gasteiger partial charge in [0.05, 0.1) is 5.54 Å². The monoisotopic (exact) mass is 389 g/mol. The molecule has 24 heavy (non-hydrogen) atoms. The molecule has 0 aliphatic heterocycles. The maximum absolute atomic E-state index is 12.4. The summed E-state index contributed by atoms with van der Waals surface area (Å²) >= 11 is 3.50. The molecule has 0 spiro atoms. The van der Waals surface area contributed by atoms with Crippen LogP contribution in [0.1, 0.15) is 38.8 Å². The number of rotatable bonds is 4. The molecule has 0 aliphatic carbocycles. The minimum absolute atomic E-state index is 0.413. The highest BCUT2D eigenvalue weighted by molar-refractivity contribution is 9.10. The fourth-order valence-corrected chi connectivity index (χ4v) is 3.06. The van der Waals surface area contributed by atoms with Gasteiger partial charge in [-0.1, -0.05) is 58.4 Å². The fourth-order valence-electron chi connectivity index (χ4n) is 2.61. The van der Waals surface area contributed by atoms with Gasteiger partial charge in [0.15, 0.2) is 0 Å². The second-order valence-electron chi connectivity index (χ2n) is 7.13. The molecule has 0 saturated carbocycles. The van der Waals surface area contributed by atoms with Crippen LogP contribution in [0, 0.1) is 0 Å². The summed E-state index contributed by atoms with van der Waals surface area (Å²) in [6, 6.07) is 18.1. The molecule has 2 aromatic carbocycles. The molecule has 0 aliphatic rings. The van der Waals surface area contributed by atoms with Gasteiger partial charge in [-0.3, -0.25) is 0 Å². The summed E-state index contributed by atoms with van der Waals surface area (Å²) in [4.78, 5) is 12.4. The third kappa shape index (κ3) is 5.38. The first-order valence-corrected chi connectivity index (χ1v) is 8.78. The lowest BCUT2D eigenvalue weighted by Gasteiger charge is -2.33.